The Bertz CT molecular complexity index is 1530. The molecule has 2 N–H and O–H groups in total. The third-order valence-electron chi connectivity index (χ3n) is 7.79. The molecule has 0 bridgehead atoms. The van der Waals surface area contributed by atoms with Crippen molar-refractivity contribution in [3.8, 4) is 11.5 Å². The van der Waals surface area contributed by atoms with Crippen molar-refractivity contribution in [1.29, 1.82) is 0 Å². The number of nitrogens with zero attached hydrogens (tertiary/aromatic N) is 4. The van der Waals surface area contributed by atoms with Crippen molar-refractivity contribution in [1.82, 2.24) is 15.0 Å². The van der Waals surface area contributed by atoms with Gasteiger partial charge in [0.1, 0.15) is 5.52 Å². The van der Waals surface area contributed by atoms with Crippen LogP contribution >= 0.6 is 0 Å². The summed E-state index contributed by atoms with van der Waals surface area (Å²) in [5.74, 6) is 1.28. The van der Waals surface area contributed by atoms with Crippen molar-refractivity contribution in [2.24, 2.45) is 11.1 Å². The molecular formula is C28H25N5O. The molecule has 1 aliphatic carbocycles. The topological polar surface area (TPSA) is 81.1 Å². The molecule has 1 aliphatic heterocycles. The van der Waals surface area contributed by atoms with Crippen molar-refractivity contribution in [2.45, 2.75) is 25.3 Å². The summed E-state index contributed by atoms with van der Waals surface area (Å²) in [6, 6.07) is 23.1. The Morgan fingerprint density at radius 1 is 0.912 bits per heavy atom. The summed E-state index contributed by atoms with van der Waals surface area (Å²) in [7, 11) is 0. The average Bonchev–Trinajstić information content (AvgIpc) is 3.43. The second-order valence-corrected chi connectivity index (χ2v) is 9.61. The number of fused-ring (bicyclic) bond motifs is 3. The third-order valence-corrected chi connectivity index (χ3v) is 7.79. The Kier molecular flexibility index (Phi) is 4.26. The molecule has 0 radical (unpaired) electrons. The van der Waals surface area contributed by atoms with Crippen molar-refractivity contribution in [2.75, 3.05) is 18.0 Å². The minimum absolute atomic E-state index is 0.103. The van der Waals surface area contributed by atoms with Crippen LogP contribution in [0, 0.1) is 5.41 Å². The summed E-state index contributed by atoms with van der Waals surface area (Å²) in [5.41, 5.74) is 11.8. The zero-order valence-corrected chi connectivity index (χ0v) is 18.8. The van der Waals surface area contributed by atoms with Gasteiger partial charge in [0.25, 0.3) is 5.71 Å². The molecule has 7 rings (SSSR count). The van der Waals surface area contributed by atoms with Gasteiger partial charge < -0.3 is 15.1 Å². The number of hydrogen-bond acceptors (Lipinski definition) is 6. The summed E-state index contributed by atoms with van der Waals surface area (Å²) < 4.78 is 6.14. The van der Waals surface area contributed by atoms with Gasteiger partial charge in [0.05, 0.1) is 6.20 Å². The lowest BCUT2D eigenvalue weighted by Crippen LogP contribution is -2.44. The van der Waals surface area contributed by atoms with Gasteiger partial charge >= 0.3 is 0 Å². The Morgan fingerprint density at radius 3 is 2.59 bits per heavy atom. The molecule has 168 valence electrons. The Balaban J connectivity index is 1.16. The minimum atomic E-state index is 0.103. The van der Waals surface area contributed by atoms with Crippen LogP contribution in [0.4, 0.5) is 5.95 Å². The van der Waals surface area contributed by atoms with Crippen LogP contribution in [-0.2, 0) is 6.42 Å². The number of piperidine rings is 1. The number of benzene rings is 3. The van der Waals surface area contributed by atoms with Crippen molar-refractivity contribution < 1.29 is 4.42 Å². The van der Waals surface area contributed by atoms with Crippen LogP contribution in [0.3, 0.4) is 0 Å². The second kappa shape index (κ2) is 7.37. The lowest BCUT2D eigenvalue weighted by Gasteiger charge is -2.42. The zero-order chi connectivity index (χ0) is 22.7. The molecular weight excluding hydrogens is 422 g/mol. The molecule has 0 unspecified atom stereocenters. The highest BCUT2D eigenvalue weighted by molar-refractivity contribution is 5.95. The largest absolute Gasteiger partial charge is 0.417 e. The van der Waals surface area contributed by atoms with E-state index in [1.807, 2.05) is 24.3 Å². The van der Waals surface area contributed by atoms with Crippen LogP contribution in [0.25, 0.3) is 33.5 Å². The summed E-state index contributed by atoms with van der Waals surface area (Å²) >= 11 is 0. The van der Waals surface area contributed by atoms with Gasteiger partial charge in [-0.1, -0.05) is 60.7 Å². The lowest BCUT2D eigenvalue weighted by molar-refractivity contribution is 0.187. The first kappa shape index (κ1) is 19.7. The molecule has 0 saturated carbocycles. The van der Waals surface area contributed by atoms with Gasteiger partial charge in [-0.15, -0.1) is 0 Å². The molecule has 3 aromatic carbocycles. The number of anilines is 1. The SMILES string of the molecule is N[C@@H]1c2ccccc2CC12CCN(c1ncc3nc(-c4cccc5ccccc45)oc3n1)CC2. The fourth-order valence-electron chi connectivity index (χ4n) is 5.86. The van der Waals surface area contributed by atoms with E-state index in [1.54, 1.807) is 6.20 Å². The highest BCUT2D eigenvalue weighted by Crippen LogP contribution is 2.50. The molecule has 5 aromatic rings. The fraction of sp³-hybridized carbons (Fsp3) is 0.250. The standard InChI is InChI=1S/C28H25N5O/c29-24-21-10-4-2-7-19(21)16-28(24)12-14-33(15-13-28)27-30-17-23-26(32-27)34-25(31-23)22-11-5-8-18-6-1-3-9-20(18)22/h1-11,17,24H,12-16,29H2/t24-/m1/s1. The maximum absolute atomic E-state index is 6.74. The molecule has 2 aromatic heterocycles. The first-order valence-corrected chi connectivity index (χ1v) is 11.9. The maximum Gasteiger partial charge on any atom is 0.252 e. The van der Waals surface area contributed by atoms with Crippen molar-refractivity contribution in [3.05, 3.63) is 84.1 Å². The molecule has 6 heteroatoms. The van der Waals surface area contributed by atoms with E-state index in [9.17, 15) is 0 Å². The molecule has 34 heavy (non-hydrogen) atoms. The Morgan fingerprint density at radius 2 is 1.71 bits per heavy atom. The van der Waals surface area contributed by atoms with Crippen LogP contribution < -0.4 is 10.6 Å². The number of aromatic nitrogens is 3. The Labute approximate surface area is 197 Å². The third kappa shape index (κ3) is 2.95. The zero-order valence-electron chi connectivity index (χ0n) is 18.8. The summed E-state index contributed by atoms with van der Waals surface area (Å²) in [6.45, 7) is 1.77. The first-order chi connectivity index (χ1) is 16.7. The molecule has 2 aliphatic rings. The van der Waals surface area contributed by atoms with Gasteiger partial charge in [-0.05, 0) is 52.6 Å². The predicted molar refractivity (Wildman–Crippen MR) is 133 cm³/mol. The van der Waals surface area contributed by atoms with Gasteiger partial charge in [0.15, 0.2) is 0 Å². The van der Waals surface area contributed by atoms with E-state index in [0.29, 0.717) is 23.1 Å². The van der Waals surface area contributed by atoms with E-state index in [1.165, 1.54) is 11.1 Å². The predicted octanol–water partition coefficient (Wildman–Crippen LogP) is 5.28. The molecule has 0 amide bonds. The number of nitrogens with two attached hydrogens (primary N) is 1. The number of hydrogen-bond donors (Lipinski definition) is 1. The van der Waals surface area contributed by atoms with E-state index in [-0.39, 0.29) is 11.5 Å². The van der Waals surface area contributed by atoms with E-state index in [2.05, 4.69) is 57.3 Å². The molecule has 1 fully saturated rings. The average molecular weight is 448 g/mol. The van der Waals surface area contributed by atoms with Gasteiger partial charge in [0, 0.05) is 24.7 Å². The van der Waals surface area contributed by atoms with E-state index in [4.69, 9.17) is 15.1 Å². The van der Waals surface area contributed by atoms with Crippen molar-refractivity contribution in [3.63, 3.8) is 0 Å². The maximum atomic E-state index is 6.74. The summed E-state index contributed by atoms with van der Waals surface area (Å²) in [5, 5.41) is 2.27. The highest BCUT2D eigenvalue weighted by Gasteiger charge is 2.46. The fourth-order valence-corrected chi connectivity index (χ4v) is 5.86. The second-order valence-electron chi connectivity index (χ2n) is 9.61. The van der Waals surface area contributed by atoms with Crippen LogP contribution in [0.2, 0.25) is 0 Å². The highest BCUT2D eigenvalue weighted by atomic mass is 16.4. The smallest absolute Gasteiger partial charge is 0.252 e. The normalized spacial score (nSPS) is 19.2. The minimum Gasteiger partial charge on any atom is -0.417 e. The van der Waals surface area contributed by atoms with Gasteiger partial charge in [-0.2, -0.15) is 4.98 Å². The summed E-state index contributed by atoms with van der Waals surface area (Å²) in [6.07, 6.45) is 4.90. The quantitative estimate of drug-likeness (QED) is 0.396. The van der Waals surface area contributed by atoms with Crippen LogP contribution in [0.1, 0.15) is 30.0 Å². The number of rotatable bonds is 2. The molecule has 3 heterocycles. The van der Waals surface area contributed by atoms with Gasteiger partial charge in [-0.25, -0.2) is 9.97 Å². The molecule has 1 spiro atoms. The Hall–Kier alpha value is -3.77. The van der Waals surface area contributed by atoms with Crippen LogP contribution in [-0.4, -0.2) is 28.0 Å². The van der Waals surface area contributed by atoms with E-state index >= 15 is 0 Å². The molecule has 1 atom stereocenters. The van der Waals surface area contributed by atoms with Crippen LogP contribution in [0.15, 0.2) is 77.3 Å². The van der Waals surface area contributed by atoms with Crippen molar-refractivity contribution >= 4 is 28.0 Å². The van der Waals surface area contributed by atoms with Gasteiger partial charge in [0.2, 0.25) is 11.8 Å². The van der Waals surface area contributed by atoms with Gasteiger partial charge in [-0.3, -0.25) is 0 Å². The number of oxazole rings is 1. The van der Waals surface area contributed by atoms with E-state index in [0.717, 1.165) is 48.7 Å². The molecule has 1 saturated heterocycles. The molecule has 6 nitrogen and oxygen atoms in total. The monoisotopic (exact) mass is 447 g/mol. The van der Waals surface area contributed by atoms with E-state index < -0.39 is 0 Å². The lowest BCUT2D eigenvalue weighted by atomic mass is 9.73. The van der Waals surface area contributed by atoms with Crippen LogP contribution in [0.5, 0.6) is 0 Å². The summed E-state index contributed by atoms with van der Waals surface area (Å²) in [4.78, 5) is 16.3. The first-order valence-electron chi connectivity index (χ1n) is 11.9.